The average Bonchev–Trinajstić information content (AvgIpc) is 2.27. The Morgan fingerprint density at radius 1 is 1.22 bits per heavy atom. The number of halogens is 3. The maximum atomic E-state index is 13.0. The van der Waals surface area contributed by atoms with Crippen LogP contribution in [0.15, 0.2) is 35.2 Å². The lowest BCUT2D eigenvalue weighted by atomic mass is 10.0. The van der Waals surface area contributed by atoms with Crippen LogP contribution >= 0.6 is 15.9 Å². The minimum absolute atomic E-state index is 0.296. The van der Waals surface area contributed by atoms with Gasteiger partial charge in [0.1, 0.15) is 18.0 Å². The summed E-state index contributed by atoms with van der Waals surface area (Å²) >= 11 is 3.29. The van der Waals surface area contributed by atoms with E-state index in [4.69, 9.17) is 5.73 Å². The molecule has 0 aliphatic carbocycles. The molecular weight excluding hydrogens is 304 g/mol. The standard InChI is InChI=1S/C12H10BrF2N3/c13-10-5-17-6-18-12(10)11(16)3-7-1-8(14)4-9(15)2-7/h1-2,4-6,11H,3,16H2. The van der Waals surface area contributed by atoms with Crippen molar-refractivity contribution in [1.82, 2.24) is 9.97 Å². The van der Waals surface area contributed by atoms with Crippen molar-refractivity contribution in [3.63, 3.8) is 0 Å². The zero-order valence-electron chi connectivity index (χ0n) is 9.28. The number of hydrogen-bond donors (Lipinski definition) is 1. The first-order valence-electron chi connectivity index (χ1n) is 5.22. The molecule has 0 bridgehead atoms. The van der Waals surface area contributed by atoms with Gasteiger partial charge in [0.05, 0.1) is 16.2 Å². The second-order valence-electron chi connectivity index (χ2n) is 3.84. The summed E-state index contributed by atoms with van der Waals surface area (Å²) in [5.74, 6) is -1.22. The minimum atomic E-state index is -0.612. The second kappa shape index (κ2) is 5.49. The third-order valence-electron chi connectivity index (χ3n) is 2.43. The molecule has 0 saturated heterocycles. The van der Waals surface area contributed by atoms with Crippen molar-refractivity contribution in [2.24, 2.45) is 5.73 Å². The fraction of sp³-hybridized carbons (Fsp3) is 0.167. The van der Waals surface area contributed by atoms with E-state index in [1.54, 1.807) is 6.20 Å². The summed E-state index contributed by atoms with van der Waals surface area (Å²) in [5.41, 5.74) is 7.06. The van der Waals surface area contributed by atoms with Crippen molar-refractivity contribution < 1.29 is 8.78 Å². The molecule has 6 heteroatoms. The van der Waals surface area contributed by atoms with E-state index in [9.17, 15) is 8.78 Å². The van der Waals surface area contributed by atoms with Crippen molar-refractivity contribution in [3.05, 3.63) is 58.1 Å². The molecule has 0 saturated carbocycles. The van der Waals surface area contributed by atoms with E-state index < -0.39 is 17.7 Å². The number of hydrogen-bond acceptors (Lipinski definition) is 3. The van der Waals surface area contributed by atoms with E-state index >= 15 is 0 Å². The predicted molar refractivity (Wildman–Crippen MR) is 66.7 cm³/mol. The third kappa shape index (κ3) is 3.08. The molecule has 0 radical (unpaired) electrons. The number of nitrogens with two attached hydrogens (primary N) is 1. The second-order valence-corrected chi connectivity index (χ2v) is 4.70. The molecule has 0 aliphatic heterocycles. The molecule has 3 nitrogen and oxygen atoms in total. The lowest BCUT2D eigenvalue weighted by Gasteiger charge is -2.12. The Bertz CT molecular complexity index is 543. The number of rotatable bonds is 3. The summed E-state index contributed by atoms with van der Waals surface area (Å²) in [6.07, 6.45) is 3.25. The van der Waals surface area contributed by atoms with Crippen LogP contribution in [0.1, 0.15) is 17.3 Å². The molecule has 0 amide bonds. The molecule has 1 aromatic carbocycles. The molecular formula is C12H10BrF2N3. The summed E-state index contributed by atoms with van der Waals surface area (Å²) in [6.45, 7) is 0. The van der Waals surface area contributed by atoms with Gasteiger partial charge in [-0.15, -0.1) is 0 Å². The van der Waals surface area contributed by atoms with E-state index in [1.807, 2.05) is 0 Å². The van der Waals surface area contributed by atoms with Crippen molar-refractivity contribution >= 4 is 15.9 Å². The molecule has 2 aromatic rings. The molecule has 94 valence electrons. The zero-order valence-corrected chi connectivity index (χ0v) is 10.9. The Labute approximate surface area is 111 Å². The Morgan fingerprint density at radius 2 is 1.89 bits per heavy atom. The lowest BCUT2D eigenvalue weighted by molar-refractivity contribution is 0.575. The van der Waals surface area contributed by atoms with E-state index in [-0.39, 0.29) is 0 Å². The summed E-state index contributed by atoms with van der Waals surface area (Å²) in [7, 11) is 0. The lowest BCUT2D eigenvalue weighted by Crippen LogP contribution is -2.16. The summed E-state index contributed by atoms with van der Waals surface area (Å²) in [4.78, 5) is 7.88. The van der Waals surface area contributed by atoms with Gasteiger partial charge >= 0.3 is 0 Å². The number of benzene rings is 1. The highest BCUT2D eigenvalue weighted by Crippen LogP contribution is 2.22. The SMILES string of the molecule is NC(Cc1cc(F)cc(F)c1)c1ncncc1Br. The summed E-state index contributed by atoms with van der Waals surface area (Å²) in [5, 5.41) is 0. The van der Waals surface area contributed by atoms with Crippen LogP contribution in [0.5, 0.6) is 0 Å². The first-order valence-corrected chi connectivity index (χ1v) is 6.01. The first kappa shape index (κ1) is 13.0. The van der Waals surface area contributed by atoms with E-state index in [0.29, 0.717) is 22.2 Å². The molecule has 0 spiro atoms. The van der Waals surface area contributed by atoms with Gasteiger partial charge in [0.15, 0.2) is 0 Å². The van der Waals surface area contributed by atoms with Crippen LogP contribution in [0.4, 0.5) is 8.78 Å². The van der Waals surface area contributed by atoms with Crippen molar-refractivity contribution in [2.45, 2.75) is 12.5 Å². The fourth-order valence-electron chi connectivity index (χ4n) is 1.67. The molecule has 0 aliphatic rings. The predicted octanol–water partition coefficient (Wildman–Crippen LogP) is 2.76. The van der Waals surface area contributed by atoms with Crippen molar-refractivity contribution in [1.29, 1.82) is 0 Å². The molecule has 2 rings (SSSR count). The van der Waals surface area contributed by atoms with Gasteiger partial charge in [0, 0.05) is 12.3 Å². The fourth-order valence-corrected chi connectivity index (χ4v) is 2.19. The van der Waals surface area contributed by atoms with Gasteiger partial charge in [-0.25, -0.2) is 18.7 Å². The van der Waals surface area contributed by atoms with Gasteiger partial charge < -0.3 is 5.73 Å². The average molecular weight is 314 g/mol. The van der Waals surface area contributed by atoms with Crippen LogP contribution in [-0.4, -0.2) is 9.97 Å². The van der Waals surface area contributed by atoms with Crippen LogP contribution < -0.4 is 5.73 Å². The maximum absolute atomic E-state index is 13.0. The topological polar surface area (TPSA) is 51.8 Å². The Hall–Kier alpha value is -1.40. The van der Waals surface area contributed by atoms with Crippen LogP contribution in [0.3, 0.4) is 0 Å². The number of nitrogens with zero attached hydrogens (tertiary/aromatic N) is 2. The molecule has 2 N–H and O–H groups in total. The van der Waals surface area contributed by atoms with E-state index in [0.717, 1.165) is 6.07 Å². The van der Waals surface area contributed by atoms with E-state index in [1.165, 1.54) is 18.5 Å². The van der Waals surface area contributed by atoms with Crippen LogP contribution in [0.25, 0.3) is 0 Å². The van der Waals surface area contributed by atoms with Gasteiger partial charge in [0.25, 0.3) is 0 Å². The van der Waals surface area contributed by atoms with Crippen molar-refractivity contribution in [2.75, 3.05) is 0 Å². The monoisotopic (exact) mass is 313 g/mol. The Balaban J connectivity index is 2.21. The minimum Gasteiger partial charge on any atom is -0.322 e. The number of aromatic nitrogens is 2. The van der Waals surface area contributed by atoms with Crippen LogP contribution in [-0.2, 0) is 6.42 Å². The van der Waals surface area contributed by atoms with Gasteiger partial charge in [-0.3, -0.25) is 0 Å². The van der Waals surface area contributed by atoms with Gasteiger partial charge in [-0.2, -0.15) is 0 Å². The molecule has 1 unspecified atom stereocenters. The highest BCUT2D eigenvalue weighted by Gasteiger charge is 2.13. The highest BCUT2D eigenvalue weighted by atomic mass is 79.9. The zero-order chi connectivity index (χ0) is 13.1. The Morgan fingerprint density at radius 3 is 2.50 bits per heavy atom. The maximum Gasteiger partial charge on any atom is 0.126 e. The van der Waals surface area contributed by atoms with E-state index in [2.05, 4.69) is 25.9 Å². The van der Waals surface area contributed by atoms with Crippen molar-refractivity contribution in [3.8, 4) is 0 Å². The first-order chi connectivity index (χ1) is 8.56. The molecule has 0 fully saturated rings. The summed E-state index contributed by atoms with van der Waals surface area (Å²) < 4.78 is 26.8. The smallest absolute Gasteiger partial charge is 0.126 e. The van der Waals surface area contributed by atoms with Gasteiger partial charge in [-0.1, -0.05) is 0 Å². The molecule has 1 heterocycles. The van der Waals surface area contributed by atoms with Gasteiger partial charge in [0.2, 0.25) is 0 Å². The quantitative estimate of drug-likeness (QED) is 0.948. The summed E-state index contributed by atoms with van der Waals surface area (Å²) in [6, 6.07) is 2.90. The Kier molecular flexibility index (Phi) is 3.98. The van der Waals surface area contributed by atoms with Crippen LogP contribution in [0.2, 0.25) is 0 Å². The normalized spacial score (nSPS) is 12.4. The van der Waals surface area contributed by atoms with Gasteiger partial charge in [-0.05, 0) is 40.0 Å². The highest BCUT2D eigenvalue weighted by molar-refractivity contribution is 9.10. The molecule has 1 aromatic heterocycles. The third-order valence-corrected chi connectivity index (χ3v) is 3.04. The molecule has 1 atom stereocenters. The largest absolute Gasteiger partial charge is 0.322 e. The molecule has 18 heavy (non-hydrogen) atoms. The van der Waals surface area contributed by atoms with Crippen LogP contribution in [0, 0.1) is 11.6 Å².